The smallest absolute Gasteiger partial charge is 0.272 e. The van der Waals surface area contributed by atoms with Crippen molar-refractivity contribution in [2.45, 2.75) is 45.1 Å². The minimum Gasteiger partial charge on any atom is -0.351 e. The van der Waals surface area contributed by atoms with E-state index in [9.17, 15) is 4.79 Å². The first-order chi connectivity index (χ1) is 12.7. The van der Waals surface area contributed by atoms with Crippen molar-refractivity contribution in [1.82, 2.24) is 14.9 Å². The number of hydrogen-bond acceptors (Lipinski definition) is 4. The molecule has 0 radical (unpaired) electrons. The number of nitrogens with zero attached hydrogens (tertiary/aromatic N) is 3. The Kier molecular flexibility index (Phi) is 4.87. The van der Waals surface area contributed by atoms with Crippen LogP contribution in [0.15, 0.2) is 36.4 Å². The Bertz CT molecular complexity index is 765. The molecule has 4 rings (SSSR count). The number of nitrogens with one attached hydrogen (secondary N) is 1. The van der Waals surface area contributed by atoms with Crippen LogP contribution in [0.4, 0.5) is 5.95 Å². The first-order valence-corrected chi connectivity index (χ1v) is 9.63. The molecular formula is C21H26N4O. The lowest BCUT2D eigenvalue weighted by Gasteiger charge is -2.32. The number of carbonyl (C=O) groups excluding carboxylic acids is 1. The van der Waals surface area contributed by atoms with Gasteiger partial charge in [0.05, 0.1) is 0 Å². The number of rotatable bonds is 5. The fourth-order valence-electron chi connectivity index (χ4n) is 3.60. The van der Waals surface area contributed by atoms with Crippen LogP contribution in [0.1, 0.15) is 47.4 Å². The second kappa shape index (κ2) is 7.44. The Morgan fingerprint density at radius 2 is 1.85 bits per heavy atom. The zero-order valence-corrected chi connectivity index (χ0v) is 15.3. The number of hydrogen-bond donors (Lipinski definition) is 1. The summed E-state index contributed by atoms with van der Waals surface area (Å²) in [4.78, 5) is 23.7. The largest absolute Gasteiger partial charge is 0.351 e. The van der Waals surface area contributed by atoms with Crippen molar-refractivity contribution in [2.75, 3.05) is 18.4 Å². The van der Waals surface area contributed by atoms with Gasteiger partial charge in [-0.15, -0.1) is 0 Å². The molecule has 0 atom stereocenters. The van der Waals surface area contributed by atoms with E-state index >= 15 is 0 Å². The number of aryl methyl sites for hydroxylation is 1. The standard InChI is InChI=1S/C21H26N4O/c1-15-13-19(24-21(22-15)23-18-7-8-18)20(26)25-11-9-17(10-12-25)14-16-5-3-2-4-6-16/h2-6,13,17-18H,7-12,14H2,1H3,(H,22,23,24). The summed E-state index contributed by atoms with van der Waals surface area (Å²) in [6, 6.07) is 12.9. The molecule has 1 aromatic heterocycles. The van der Waals surface area contributed by atoms with E-state index in [0.29, 0.717) is 23.6 Å². The van der Waals surface area contributed by atoms with E-state index in [4.69, 9.17) is 0 Å². The molecular weight excluding hydrogens is 324 g/mol. The molecule has 2 aromatic rings. The van der Waals surface area contributed by atoms with Crippen molar-refractivity contribution in [1.29, 1.82) is 0 Å². The van der Waals surface area contributed by atoms with E-state index in [1.165, 1.54) is 5.56 Å². The van der Waals surface area contributed by atoms with Crippen LogP contribution in [0.5, 0.6) is 0 Å². The van der Waals surface area contributed by atoms with Gasteiger partial charge in [0.15, 0.2) is 0 Å². The molecule has 1 N–H and O–H groups in total. The van der Waals surface area contributed by atoms with Gasteiger partial charge in [-0.1, -0.05) is 30.3 Å². The fraction of sp³-hybridized carbons (Fsp3) is 0.476. The first kappa shape index (κ1) is 17.0. The van der Waals surface area contributed by atoms with E-state index < -0.39 is 0 Å². The van der Waals surface area contributed by atoms with Crippen LogP contribution in [-0.2, 0) is 6.42 Å². The average molecular weight is 350 g/mol. The van der Waals surface area contributed by atoms with E-state index in [0.717, 1.165) is 50.9 Å². The number of anilines is 1. The molecule has 26 heavy (non-hydrogen) atoms. The Morgan fingerprint density at radius 3 is 2.54 bits per heavy atom. The Hall–Kier alpha value is -2.43. The van der Waals surface area contributed by atoms with Gasteiger partial charge in [-0.25, -0.2) is 9.97 Å². The lowest BCUT2D eigenvalue weighted by atomic mass is 9.90. The summed E-state index contributed by atoms with van der Waals surface area (Å²) >= 11 is 0. The van der Waals surface area contributed by atoms with E-state index in [1.54, 1.807) is 6.07 Å². The lowest BCUT2D eigenvalue weighted by molar-refractivity contribution is 0.0684. The molecule has 136 valence electrons. The van der Waals surface area contributed by atoms with Gasteiger partial charge in [0.1, 0.15) is 5.69 Å². The number of benzene rings is 1. The van der Waals surface area contributed by atoms with Crippen LogP contribution < -0.4 is 5.32 Å². The Morgan fingerprint density at radius 1 is 1.12 bits per heavy atom. The van der Waals surface area contributed by atoms with Crippen molar-refractivity contribution in [3.05, 3.63) is 53.3 Å². The molecule has 0 unspecified atom stereocenters. The maximum absolute atomic E-state index is 12.9. The molecule has 1 amide bonds. The molecule has 2 heterocycles. The summed E-state index contributed by atoms with van der Waals surface area (Å²) in [7, 11) is 0. The number of aromatic nitrogens is 2. The third kappa shape index (κ3) is 4.21. The van der Waals surface area contributed by atoms with Gasteiger partial charge in [-0.2, -0.15) is 0 Å². The normalized spacial score (nSPS) is 18.0. The summed E-state index contributed by atoms with van der Waals surface area (Å²) in [5.41, 5.74) is 2.74. The molecule has 1 aliphatic carbocycles. The second-order valence-electron chi connectivity index (χ2n) is 7.56. The number of piperidine rings is 1. The molecule has 5 heteroatoms. The average Bonchev–Trinajstić information content (AvgIpc) is 3.46. The van der Waals surface area contributed by atoms with Crippen molar-refractivity contribution in [3.8, 4) is 0 Å². The zero-order valence-electron chi connectivity index (χ0n) is 15.3. The van der Waals surface area contributed by atoms with Crippen molar-refractivity contribution >= 4 is 11.9 Å². The highest BCUT2D eigenvalue weighted by Gasteiger charge is 2.26. The molecule has 1 aliphatic heterocycles. The van der Waals surface area contributed by atoms with Gasteiger partial charge >= 0.3 is 0 Å². The minimum absolute atomic E-state index is 0.0347. The lowest BCUT2D eigenvalue weighted by Crippen LogP contribution is -2.39. The Labute approximate surface area is 154 Å². The van der Waals surface area contributed by atoms with Crippen LogP contribution in [0.25, 0.3) is 0 Å². The molecule has 1 aromatic carbocycles. The predicted octanol–water partition coefficient (Wildman–Crippen LogP) is 3.45. The summed E-state index contributed by atoms with van der Waals surface area (Å²) in [6.45, 7) is 3.54. The highest BCUT2D eigenvalue weighted by molar-refractivity contribution is 5.92. The third-order valence-electron chi connectivity index (χ3n) is 5.25. The molecule has 5 nitrogen and oxygen atoms in total. The summed E-state index contributed by atoms with van der Waals surface area (Å²) < 4.78 is 0. The molecule has 0 bridgehead atoms. The summed E-state index contributed by atoms with van der Waals surface area (Å²) in [6.07, 6.45) is 5.53. The maximum atomic E-state index is 12.9. The zero-order chi connectivity index (χ0) is 17.9. The Balaban J connectivity index is 1.36. The highest BCUT2D eigenvalue weighted by atomic mass is 16.2. The molecule has 0 spiro atoms. The van der Waals surface area contributed by atoms with E-state index in [-0.39, 0.29) is 5.91 Å². The van der Waals surface area contributed by atoms with E-state index in [2.05, 4.69) is 45.6 Å². The number of carbonyl (C=O) groups is 1. The van der Waals surface area contributed by atoms with Gasteiger partial charge in [0.25, 0.3) is 5.91 Å². The monoisotopic (exact) mass is 350 g/mol. The van der Waals surface area contributed by atoms with Gasteiger partial charge < -0.3 is 10.2 Å². The predicted molar refractivity (Wildman–Crippen MR) is 102 cm³/mol. The van der Waals surface area contributed by atoms with Crippen molar-refractivity contribution in [3.63, 3.8) is 0 Å². The van der Waals surface area contributed by atoms with Gasteiger partial charge in [-0.3, -0.25) is 4.79 Å². The van der Waals surface area contributed by atoms with Gasteiger partial charge in [0.2, 0.25) is 5.95 Å². The van der Waals surface area contributed by atoms with Crippen LogP contribution in [0, 0.1) is 12.8 Å². The first-order valence-electron chi connectivity index (χ1n) is 9.63. The highest BCUT2D eigenvalue weighted by Crippen LogP contribution is 2.25. The van der Waals surface area contributed by atoms with Crippen LogP contribution in [0.2, 0.25) is 0 Å². The third-order valence-corrected chi connectivity index (χ3v) is 5.25. The minimum atomic E-state index is 0.0347. The van der Waals surface area contributed by atoms with Gasteiger partial charge in [0, 0.05) is 24.8 Å². The molecule has 2 aliphatic rings. The van der Waals surface area contributed by atoms with Crippen LogP contribution in [0.3, 0.4) is 0 Å². The molecule has 1 saturated carbocycles. The van der Waals surface area contributed by atoms with Crippen molar-refractivity contribution < 1.29 is 4.79 Å². The summed E-state index contributed by atoms with van der Waals surface area (Å²) in [5.74, 6) is 1.28. The van der Waals surface area contributed by atoms with Gasteiger partial charge in [-0.05, 0) is 56.6 Å². The SMILES string of the molecule is Cc1cc(C(=O)N2CCC(Cc3ccccc3)CC2)nc(NC2CC2)n1. The van der Waals surface area contributed by atoms with Crippen molar-refractivity contribution in [2.24, 2.45) is 5.92 Å². The fourth-order valence-corrected chi connectivity index (χ4v) is 3.60. The summed E-state index contributed by atoms with van der Waals surface area (Å²) in [5, 5.41) is 3.30. The van der Waals surface area contributed by atoms with Crippen LogP contribution in [-0.4, -0.2) is 39.9 Å². The topological polar surface area (TPSA) is 58.1 Å². The maximum Gasteiger partial charge on any atom is 0.272 e. The second-order valence-corrected chi connectivity index (χ2v) is 7.56. The number of amides is 1. The number of likely N-dealkylation sites (tertiary alicyclic amines) is 1. The molecule has 2 fully saturated rings. The van der Waals surface area contributed by atoms with E-state index in [1.807, 2.05) is 11.8 Å². The molecule has 1 saturated heterocycles. The van der Waals surface area contributed by atoms with Crippen LogP contribution >= 0.6 is 0 Å². The quantitative estimate of drug-likeness (QED) is 0.897.